The minimum absolute atomic E-state index is 0.745. The Morgan fingerprint density at radius 3 is 2.62 bits per heavy atom. The standard InChI is InChI=1S/C7H14S/c1-4-5-7(2)6-8-3/h4-5,7H,6H2,1-3H3/b5-4-. The summed E-state index contributed by atoms with van der Waals surface area (Å²) < 4.78 is 0. The van der Waals surface area contributed by atoms with Crippen molar-refractivity contribution in [2.75, 3.05) is 12.0 Å². The van der Waals surface area contributed by atoms with E-state index >= 15 is 0 Å². The van der Waals surface area contributed by atoms with E-state index in [1.165, 1.54) is 5.75 Å². The van der Waals surface area contributed by atoms with Crippen LogP contribution >= 0.6 is 11.8 Å². The van der Waals surface area contributed by atoms with E-state index in [4.69, 9.17) is 0 Å². The van der Waals surface area contributed by atoms with Crippen molar-refractivity contribution >= 4 is 11.8 Å². The summed E-state index contributed by atoms with van der Waals surface area (Å²) in [6, 6.07) is 0. The topological polar surface area (TPSA) is 0 Å². The number of hydrogen-bond acceptors (Lipinski definition) is 1. The van der Waals surface area contributed by atoms with Crippen LogP contribution in [0.15, 0.2) is 12.2 Å². The number of allylic oxidation sites excluding steroid dienone is 2. The van der Waals surface area contributed by atoms with Crippen molar-refractivity contribution in [3.8, 4) is 0 Å². The van der Waals surface area contributed by atoms with Crippen molar-refractivity contribution in [1.29, 1.82) is 0 Å². The Kier molecular flexibility index (Phi) is 5.29. The normalized spacial score (nSPS) is 14.9. The molecule has 0 radical (unpaired) electrons. The van der Waals surface area contributed by atoms with Gasteiger partial charge in [-0.1, -0.05) is 19.1 Å². The lowest BCUT2D eigenvalue weighted by molar-refractivity contribution is 0.846. The molecule has 0 aliphatic carbocycles. The summed E-state index contributed by atoms with van der Waals surface area (Å²) in [5.41, 5.74) is 0. The summed E-state index contributed by atoms with van der Waals surface area (Å²) in [4.78, 5) is 0. The highest BCUT2D eigenvalue weighted by atomic mass is 32.2. The zero-order valence-corrected chi connectivity index (χ0v) is 6.66. The second-order valence-corrected chi connectivity index (χ2v) is 2.87. The van der Waals surface area contributed by atoms with Gasteiger partial charge >= 0.3 is 0 Å². The summed E-state index contributed by atoms with van der Waals surface area (Å²) >= 11 is 1.90. The molecule has 0 heterocycles. The predicted octanol–water partition coefficient (Wildman–Crippen LogP) is 2.56. The van der Waals surface area contributed by atoms with Crippen LogP contribution in [-0.4, -0.2) is 12.0 Å². The minimum atomic E-state index is 0.745. The van der Waals surface area contributed by atoms with Crippen LogP contribution in [0.25, 0.3) is 0 Å². The first-order chi connectivity index (χ1) is 3.81. The lowest BCUT2D eigenvalue weighted by Gasteiger charge is -1.99. The average molecular weight is 130 g/mol. The maximum absolute atomic E-state index is 2.23. The molecule has 0 spiro atoms. The smallest absolute Gasteiger partial charge is 0.000989 e. The first-order valence-electron chi connectivity index (χ1n) is 2.93. The van der Waals surface area contributed by atoms with E-state index in [2.05, 4.69) is 32.3 Å². The van der Waals surface area contributed by atoms with Crippen molar-refractivity contribution in [1.82, 2.24) is 0 Å². The van der Waals surface area contributed by atoms with Crippen molar-refractivity contribution in [3.63, 3.8) is 0 Å². The van der Waals surface area contributed by atoms with Crippen LogP contribution in [0, 0.1) is 5.92 Å². The molecular weight excluding hydrogens is 116 g/mol. The molecule has 0 nitrogen and oxygen atoms in total. The third-order valence-corrected chi connectivity index (χ3v) is 1.81. The first-order valence-corrected chi connectivity index (χ1v) is 4.32. The number of rotatable bonds is 3. The molecule has 1 atom stereocenters. The molecule has 0 N–H and O–H groups in total. The Morgan fingerprint density at radius 1 is 1.62 bits per heavy atom. The highest BCUT2D eigenvalue weighted by Crippen LogP contribution is 2.04. The van der Waals surface area contributed by atoms with E-state index in [0.717, 1.165) is 5.92 Å². The van der Waals surface area contributed by atoms with E-state index in [1.54, 1.807) is 0 Å². The van der Waals surface area contributed by atoms with Crippen molar-refractivity contribution in [3.05, 3.63) is 12.2 Å². The van der Waals surface area contributed by atoms with Crippen LogP contribution in [0.1, 0.15) is 13.8 Å². The Hall–Kier alpha value is 0.0900. The van der Waals surface area contributed by atoms with Gasteiger partial charge in [-0.25, -0.2) is 0 Å². The van der Waals surface area contributed by atoms with Gasteiger partial charge in [0.25, 0.3) is 0 Å². The fourth-order valence-corrected chi connectivity index (χ4v) is 1.28. The fourth-order valence-electron chi connectivity index (χ4n) is 0.647. The third kappa shape index (κ3) is 4.25. The van der Waals surface area contributed by atoms with Crippen LogP contribution in [-0.2, 0) is 0 Å². The van der Waals surface area contributed by atoms with E-state index in [0.29, 0.717) is 0 Å². The zero-order valence-electron chi connectivity index (χ0n) is 5.85. The van der Waals surface area contributed by atoms with Crippen LogP contribution < -0.4 is 0 Å². The highest BCUT2D eigenvalue weighted by molar-refractivity contribution is 7.98. The monoisotopic (exact) mass is 130 g/mol. The molecule has 1 heteroatoms. The van der Waals surface area contributed by atoms with Crippen molar-refractivity contribution in [2.24, 2.45) is 5.92 Å². The second kappa shape index (κ2) is 5.23. The van der Waals surface area contributed by atoms with Gasteiger partial charge in [-0.3, -0.25) is 0 Å². The Labute approximate surface area is 56.4 Å². The molecule has 0 aliphatic heterocycles. The summed E-state index contributed by atoms with van der Waals surface area (Å²) in [5, 5.41) is 0. The van der Waals surface area contributed by atoms with Gasteiger partial charge in [0.05, 0.1) is 0 Å². The molecular formula is C7H14S. The molecule has 0 saturated heterocycles. The molecule has 0 aliphatic rings. The summed E-state index contributed by atoms with van der Waals surface area (Å²) in [5.74, 6) is 1.99. The molecule has 0 saturated carbocycles. The Bertz CT molecular complexity index is 66.8. The van der Waals surface area contributed by atoms with Gasteiger partial charge in [0, 0.05) is 0 Å². The van der Waals surface area contributed by atoms with Crippen LogP contribution in [0.4, 0.5) is 0 Å². The first kappa shape index (κ1) is 8.09. The largest absolute Gasteiger partial charge is 0.165 e. The van der Waals surface area contributed by atoms with Crippen LogP contribution in [0.5, 0.6) is 0 Å². The van der Waals surface area contributed by atoms with Crippen LogP contribution in [0.2, 0.25) is 0 Å². The molecule has 0 aromatic rings. The lowest BCUT2D eigenvalue weighted by Crippen LogP contribution is -1.90. The van der Waals surface area contributed by atoms with Gasteiger partial charge in [0.1, 0.15) is 0 Å². The van der Waals surface area contributed by atoms with Crippen molar-refractivity contribution in [2.45, 2.75) is 13.8 Å². The molecule has 0 bridgehead atoms. The maximum Gasteiger partial charge on any atom is -0.000989 e. The lowest BCUT2D eigenvalue weighted by atomic mass is 10.2. The third-order valence-electron chi connectivity index (χ3n) is 0.951. The summed E-state index contributed by atoms with van der Waals surface area (Å²) in [7, 11) is 0. The maximum atomic E-state index is 2.23. The van der Waals surface area contributed by atoms with Gasteiger partial charge in [0.15, 0.2) is 0 Å². The molecule has 48 valence electrons. The fraction of sp³-hybridized carbons (Fsp3) is 0.714. The van der Waals surface area contributed by atoms with E-state index in [1.807, 2.05) is 11.8 Å². The molecule has 0 aromatic heterocycles. The van der Waals surface area contributed by atoms with E-state index < -0.39 is 0 Å². The quantitative estimate of drug-likeness (QED) is 0.529. The second-order valence-electron chi connectivity index (χ2n) is 1.96. The van der Waals surface area contributed by atoms with Crippen molar-refractivity contribution < 1.29 is 0 Å². The molecule has 1 unspecified atom stereocenters. The predicted molar refractivity (Wildman–Crippen MR) is 42.4 cm³/mol. The summed E-state index contributed by atoms with van der Waals surface area (Å²) in [6.07, 6.45) is 6.48. The van der Waals surface area contributed by atoms with Gasteiger partial charge in [-0.05, 0) is 24.9 Å². The summed E-state index contributed by atoms with van der Waals surface area (Å²) in [6.45, 7) is 4.30. The van der Waals surface area contributed by atoms with E-state index in [-0.39, 0.29) is 0 Å². The zero-order chi connectivity index (χ0) is 6.41. The molecule has 0 amide bonds. The molecule has 0 aromatic carbocycles. The number of thioether (sulfide) groups is 1. The molecule has 0 fully saturated rings. The number of hydrogen-bond donors (Lipinski definition) is 0. The van der Waals surface area contributed by atoms with Gasteiger partial charge < -0.3 is 0 Å². The Balaban J connectivity index is 3.17. The highest BCUT2D eigenvalue weighted by Gasteiger charge is 1.90. The molecule has 8 heavy (non-hydrogen) atoms. The van der Waals surface area contributed by atoms with E-state index in [9.17, 15) is 0 Å². The molecule has 0 rings (SSSR count). The van der Waals surface area contributed by atoms with Gasteiger partial charge in [-0.15, -0.1) is 0 Å². The van der Waals surface area contributed by atoms with Crippen LogP contribution in [0.3, 0.4) is 0 Å². The Morgan fingerprint density at radius 2 is 2.25 bits per heavy atom. The minimum Gasteiger partial charge on any atom is -0.165 e. The average Bonchev–Trinajstić information content (AvgIpc) is 1.68. The van der Waals surface area contributed by atoms with Gasteiger partial charge in [-0.2, -0.15) is 11.8 Å². The SMILES string of the molecule is C/C=C\C(C)CSC. The van der Waals surface area contributed by atoms with Gasteiger partial charge in [0.2, 0.25) is 0 Å².